The minimum atomic E-state index is -4.76. The molecule has 9 nitrogen and oxygen atoms in total. The number of ether oxygens (including phenoxy) is 1. The molecular weight excluding hydrogens is 377 g/mol. The highest BCUT2D eigenvalue weighted by atomic mass is 32.2. The molecule has 0 saturated heterocycles. The molecule has 0 fully saturated rings. The van der Waals surface area contributed by atoms with Gasteiger partial charge >= 0.3 is 12.2 Å². The van der Waals surface area contributed by atoms with Crippen LogP contribution in [0.1, 0.15) is 5.82 Å². The number of thioether (sulfide) groups is 1. The Balaban J connectivity index is 1.84. The van der Waals surface area contributed by atoms with Gasteiger partial charge in [0.1, 0.15) is 5.75 Å². The minimum Gasteiger partial charge on any atom is -0.497 e. The topological polar surface area (TPSA) is 124 Å². The van der Waals surface area contributed by atoms with Crippen LogP contribution in [0.15, 0.2) is 29.4 Å². The van der Waals surface area contributed by atoms with Gasteiger partial charge in [0.15, 0.2) is 0 Å². The third-order valence-corrected chi connectivity index (χ3v) is 3.79. The number of halogens is 3. The lowest BCUT2D eigenvalue weighted by Crippen LogP contribution is -2.35. The van der Waals surface area contributed by atoms with Gasteiger partial charge in [0, 0.05) is 5.69 Å². The molecule has 0 aliphatic rings. The quantitative estimate of drug-likeness (QED) is 0.521. The lowest BCUT2D eigenvalue weighted by molar-refractivity contribution is -0.146. The van der Waals surface area contributed by atoms with Gasteiger partial charge in [-0.25, -0.2) is 9.47 Å². The van der Waals surface area contributed by atoms with E-state index in [0.29, 0.717) is 23.2 Å². The summed E-state index contributed by atoms with van der Waals surface area (Å²) < 4.78 is 42.8. The molecule has 0 atom stereocenters. The van der Waals surface area contributed by atoms with Crippen LogP contribution in [0, 0.1) is 0 Å². The van der Waals surface area contributed by atoms with Crippen molar-refractivity contribution in [2.24, 2.45) is 0 Å². The molecule has 0 unspecified atom stereocenters. The number of hydrogen-bond acceptors (Lipinski definition) is 7. The van der Waals surface area contributed by atoms with Crippen LogP contribution in [0.3, 0.4) is 0 Å². The second kappa shape index (κ2) is 7.95. The summed E-state index contributed by atoms with van der Waals surface area (Å²) >= 11 is 0.601. The number of nitrogens with two attached hydrogens (primary N) is 1. The minimum absolute atomic E-state index is 0.232. The lowest BCUT2D eigenvalue weighted by Gasteiger charge is -2.08. The SMILES string of the molecule is COc1ccc(NC(=O)NC(=O)CSc2nnc(C(F)(F)F)n2N)cc1. The first-order chi connectivity index (χ1) is 12.2. The molecule has 0 aliphatic carbocycles. The Hall–Kier alpha value is -2.96. The summed E-state index contributed by atoms with van der Waals surface area (Å²) in [4.78, 5) is 23.4. The van der Waals surface area contributed by atoms with Gasteiger partial charge in [0.25, 0.3) is 5.82 Å². The highest BCUT2D eigenvalue weighted by Crippen LogP contribution is 2.28. The summed E-state index contributed by atoms with van der Waals surface area (Å²) in [5.41, 5.74) is 0.417. The maximum Gasteiger partial charge on any atom is 0.453 e. The molecule has 0 bridgehead atoms. The van der Waals surface area contributed by atoms with Gasteiger partial charge in [-0.1, -0.05) is 11.8 Å². The number of anilines is 1. The van der Waals surface area contributed by atoms with Gasteiger partial charge in [-0.3, -0.25) is 10.1 Å². The molecule has 0 saturated carbocycles. The number of urea groups is 1. The van der Waals surface area contributed by atoms with E-state index >= 15 is 0 Å². The molecule has 0 spiro atoms. The molecule has 2 aromatic rings. The Morgan fingerprint density at radius 1 is 1.27 bits per heavy atom. The van der Waals surface area contributed by atoms with Gasteiger partial charge in [-0.15, -0.1) is 10.2 Å². The van der Waals surface area contributed by atoms with Crippen LogP contribution in [0.5, 0.6) is 5.75 Å². The number of carbonyl (C=O) groups excluding carboxylic acids is 2. The van der Waals surface area contributed by atoms with E-state index in [4.69, 9.17) is 10.6 Å². The predicted octanol–water partition coefficient (Wildman–Crippen LogP) is 1.46. The van der Waals surface area contributed by atoms with Crippen molar-refractivity contribution in [1.29, 1.82) is 0 Å². The number of imide groups is 1. The summed E-state index contributed by atoms with van der Waals surface area (Å²) in [7, 11) is 1.49. The Bertz CT molecular complexity index is 793. The van der Waals surface area contributed by atoms with E-state index in [9.17, 15) is 22.8 Å². The lowest BCUT2D eigenvalue weighted by atomic mass is 10.3. The van der Waals surface area contributed by atoms with E-state index in [-0.39, 0.29) is 15.6 Å². The largest absolute Gasteiger partial charge is 0.497 e. The number of nitrogen functional groups attached to an aromatic ring is 1. The summed E-state index contributed by atoms with van der Waals surface area (Å²) in [6.45, 7) is 0. The number of methoxy groups -OCH3 is 1. The van der Waals surface area contributed by atoms with E-state index in [2.05, 4.69) is 15.5 Å². The zero-order valence-electron chi connectivity index (χ0n) is 13.2. The first kappa shape index (κ1) is 19.4. The molecule has 26 heavy (non-hydrogen) atoms. The van der Waals surface area contributed by atoms with E-state index < -0.39 is 23.9 Å². The fourth-order valence-corrected chi connectivity index (χ4v) is 2.35. The number of alkyl halides is 3. The van der Waals surface area contributed by atoms with Gasteiger partial charge in [0.05, 0.1) is 12.9 Å². The van der Waals surface area contributed by atoms with Crippen molar-refractivity contribution in [2.45, 2.75) is 11.3 Å². The van der Waals surface area contributed by atoms with Crippen LogP contribution in [0.25, 0.3) is 0 Å². The van der Waals surface area contributed by atoms with E-state index in [1.54, 1.807) is 24.3 Å². The van der Waals surface area contributed by atoms with Crippen LogP contribution in [-0.2, 0) is 11.0 Å². The third kappa shape index (κ3) is 5.02. The Morgan fingerprint density at radius 3 is 2.46 bits per heavy atom. The standard InChI is InChI=1S/C13H13F3N6O3S/c1-25-8-4-2-7(3-5-8)18-11(24)19-9(23)6-26-12-21-20-10(22(12)17)13(14,15)16/h2-5H,6,17H2,1H3,(H2,18,19,23,24). The van der Waals surface area contributed by atoms with Gasteiger partial charge in [-0.05, 0) is 24.3 Å². The number of amides is 3. The Kier molecular flexibility index (Phi) is 5.92. The highest BCUT2D eigenvalue weighted by molar-refractivity contribution is 7.99. The van der Waals surface area contributed by atoms with Crippen molar-refractivity contribution in [3.63, 3.8) is 0 Å². The number of benzene rings is 1. The molecule has 1 heterocycles. The van der Waals surface area contributed by atoms with E-state index in [0.717, 1.165) is 0 Å². The van der Waals surface area contributed by atoms with Crippen LogP contribution in [0.4, 0.5) is 23.7 Å². The van der Waals surface area contributed by atoms with Gasteiger partial charge in [-0.2, -0.15) is 13.2 Å². The molecule has 0 aliphatic heterocycles. The molecule has 3 amide bonds. The third-order valence-electron chi connectivity index (χ3n) is 2.85. The second-order valence-corrected chi connectivity index (χ2v) is 5.64. The van der Waals surface area contributed by atoms with Crippen LogP contribution >= 0.6 is 11.8 Å². The first-order valence-electron chi connectivity index (χ1n) is 6.86. The summed E-state index contributed by atoms with van der Waals surface area (Å²) in [6, 6.07) is 5.55. The molecular formula is C13H13F3N6O3S. The highest BCUT2D eigenvalue weighted by Gasteiger charge is 2.38. The summed E-state index contributed by atoms with van der Waals surface area (Å²) in [5.74, 6) is 3.29. The summed E-state index contributed by atoms with van der Waals surface area (Å²) in [6.07, 6.45) is -4.76. The average Bonchev–Trinajstić information content (AvgIpc) is 2.94. The van der Waals surface area contributed by atoms with Gasteiger partial charge < -0.3 is 15.9 Å². The van der Waals surface area contributed by atoms with Crippen molar-refractivity contribution in [3.8, 4) is 5.75 Å². The van der Waals surface area contributed by atoms with Gasteiger partial charge in [0.2, 0.25) is 11.1 Å². The van der Waals surface area contributed by atoms with E-state index in [1.807, 2.05) is 5.32 Å². The fraction of sp³-hybridized carbons (Fsp3) is 0.231. The van der Waals surface area contributed by atoms with Crippen molar-refractivity contribution < 1.29 is 27.5 Å². The molecule has 2 rings (SSSR count). The van der Waals surface area contributed by atoms with Crippen LogP contribution in [0.2, 0.25) is 0 Å². The number of aromatic nitrogens is 3. The molecule has 1 aromatic carbocycles. The summed E-state index contributed by atoms with van der Waals surface area (Å²) in [5, 5.41) is 10.3. The smallest absolute Gasteiger partial charge is 0.453 e. The van der Waals surface area contributed by atoms with Crippen molar-refractivity contribution in [2.75, 3.05) is 24.0 Å². The number of carbonyl (C=O) groups is 2. The first-order valence-corrected chi connectivity index (χ1v) is 7.84. The molecule has 1 aromatic heterocycles. The second-order valence-electron chi connectivity index (χ2n) is 4.69. The number of nitrogens with zero attached hydrogens (tertiary/aromatic N) is 3. The van der Waals surface area contributed by atoms with Crippen molar-refractivity contribution in [1.82, 2.24) is 20.2 Å². The zero-order chi connectivity index (χ0) is 19.3. The van der Waals surface area contributed by atoms with Crippen molar-refractivity contribution >= 4 is 29.4 Å². The number of rotatable bonds is 5. The Labute approximate surface area is 149 Å². The molecule has 13 heteroatoms. The number of hydrogen-bond donors (Lipinski definition) is 3. The molecule has 4 N–H and O–H groups in total. The fourth-order valence-electron chi connectivity index (χ4n) is 1.70. The van der Waals surface area contributed by atoms with Crippen molar-refractivity contribution in [3.05, 3.63) is 30.1 Å². The van der Waals surface area contributed by atoms with E-state index in [1.165, 1.54) is 7.11 Å². The molecule has 0 radical (unpaired) electrons. The number of nitrogens with one attached hydrogen (secondary N) is 2. The normalized spacial score (nSPS) is 11.1. The van der Waals surface area contributed by atoms with Crippen LogP contribution < -0.4 is 21.2 Å². The van der Waals surface area contributed by atoms with Crippen LogP contribution in [-0.4, -0.2) is 39.7 Å². The zero-order valence-corrected chi connectivity index (χ0v) is 14.0. The monoisotopic (exact) mass is 390 g/mol. The maximum atomic E-state index is 12.5. The average molecular weight is 390 g/mol. The maximum absolute atomic E-state index is 12.5. The predicted molar refractivity (Wildman–Crippen MR) is 86.1 cm³/mol. The molecule has 140 valence electrons. The Morgan fingerprint density at radius 2 is 1.92 bits per heavy atom.